The van der Waals surface area contributed by atoms with Gasteiger partial charge in [0, 0.05) is 24.7 Å². The maximum absolute atomic E-state index is 5.76. The van der Waals surface area contributed by atoms with Crippen molar-refractivity contribution in [2.75, 3.05) is 26.2 Å². The van der Waals surface area contributed by atoms with E-state index in [1.54, 1.807) is 0 Å². The molecule has 0 spiro atoms. The zero-order valence-corrected chi connectivity index (χ0v) is 12.5. The molecule has 0 unspecified atom stereocenters. The summed E-state index contributed by atoms with van der Waals surface area (Å²) in [4.78, 5) is 2.47. The molecular formula is C16H26N2O2. The number of nitrogens with zero attached hydrogens (tertiary/aromatic N) is 1. The van der Waals surface area contributed by atoms with E-state index in [-0.39, 0.29) is 0 Å². The summed E-state index contributed by atoms with van der Waals surface area (Å²) in [5.74, 6) is 1.98. The summed E-state index contributed by atoms with van der Waals surface area (Å²) in [6.07, 6.45) is 5.33. The second kappa shape index (κ2) is 6.74. The summed E-state index contributed by atoms with van der Waals surface area (Å²) < 4.78 is 11.5. The van der Waals surface area contributed by atoms with Crippen LogP contribution in [0, 0.1) is 6.92 Å². The third-order valence-electron chi connectivity index (χ3n) is 4.23. The maximum atomic E-state index is 5.76. The molecule has 2 fully saturated rings. The lowest BCUT2D eigenvalue weighted by Crippen LogP contribution is -2.23. The first-order valence-electron chi connectivity index (χ1n) is 7.93. The lowest BCUT2D eigenvalue weighted by atomic mass is 10.2. The number of ether oxygens (including phenoxy) is 1. The van der Waals surface area contributed by atoms with Gasteiger partial charge in [-0.05, 0) is 51.8 Å². The lowest BCUT2D eigenvalue weighted by molar-refractivity contribution is 0.0870. The molecule has 4 heteroatoms. The van der Waals surface area contributed by atoms with E-state index in [0.29, 0.717) is 6.61 Å². The SMILES string of the molecule is Cc1oc(COCCN2CCCC2)cc1CNC1CC1. The van der Waals surface area contributed by atoms with Crippen molar-refractivity contribution in [2.24, 2.45) is 0 Å². The first-order chi connectivity index (χ1) is 9.81. The Kier molecular flexibility index (Phi) is 4.76. The average Bonchev–Trinajstić information content (AvgIpc) is 2.99. The zero-order chi connectivity index (χ0) is 13.8. The predicted octanol–water partition coefficient (Wildman–Crippen LogP) is 2.45. The van der Waals surface area contributed by atoms with Crippen LogP contribution in [0.3, 0.4) is 0 Å². The minimum Gasteiger partial charge on any atom is -0.464 e. The molecule has 0 amide bonds. The van der Waals surface area contributed by atoms with Crippen LogP contribution >= 0.6 is 0 Å². The second-order valence-corrected chi connectivity index (χ2v) is 6.05. The summed E-state index contributed by atoms with van der Waals surface area (Å²) in [5.41, 5.74) is 1.27. The Labute approximate surface area is 121 Å². The minimum atomic E-state index is 0.595. The van der Waals surface area contributed by atoms with Crippen LogP contribution in [-0.2, 0) is 17.9 Å². The summed E-state index contributed by atoms with van der Waals surface area (Å²) in [6, 6.07) is 2.88. The quantitative estimate of drug-likeness (QED) is 0.741. The highest BCUT2D eigenvalue weighted by Crippen LogP contribution is 2.21. The molecule has 1 aromatic rings. The van der Waals surface area contributed by atoms with Gasteiger partial charge in [-0.2, -0.15) is 0 Å². The van der Waals surface area contributed by atoms with Crippen LogP contribution in [0.5, 0.6) is 0 Å². The Morgan fingerprint density at radius 1 is 1.35 bits per heavy atom. The Balaban J connectivity index is 1.36. The number of nitrogens with one attached hydrogen (secondary N) is 1. The largest absolute Gasteiger partial charge is 0.464 e. The van der Waals surface area contributed by atoms with Crippen molar-refractivity contribution in [1.29, 1.82) is 0 Å². The van der Waals surface area contributed by atoms with E-state index in [9.17, 15) is 0 Å². The Bertz CT molecular complexity index is 420. The van der Waals surface area contributed by atoms with Crippen LogP contribution in [0.15, 0.2) is 10.5 Å². The van der Waals surface area contributed by atoms with E-state index >= 15 is 0 Å². The van der Waals surface area contributed by atoms with Gasteiger partial charge in [-0.25, -0.2) is 0 Å². The third-order valence-corrected chi connectivity index (χ3v) is 4.23. The zero-order valence-electron chi connectivity index (χ0n) is 12.5. The van der Waals surface area contributed by atoms with Crippen molar-refractivity contribution < 1.29 is 9.15 Å². The van der Waals surface area contributed by atoms with Crippen LogP contribution in [-0.4, -0.2) is 37.2 Å². The molecule has 1 N–H and O–H groups in total. The van der Waals surface area contributed by atoms with Crippen LogP contribution < -0.4 is 5.32 Å². The van der Waals surface area contributed by atoms with Crippen LogP contribution in [0.1, 0.15) is 42.8 Å². The van der Waals surface area contributed by atoms with Gasteiger partial charge in [0.1, 0.15) is 18.1 Å². The van der Waals surface area contributed by atoms with Crippen molar-refractivity contribution in [3.63, 3.8) is 0 Å². The summed E-state index contributed by atoms with van der Waals surface area (Å²) in [7, 11) is 0. The molecule has 2 aliphatic rings. The molecule has 20 heavy (non-hydrogen) atoms. The molecule has 0 bridgehead atoms. The lowest BCUT2D eigenvalue weighted by Gasteiger charge is -2.13. The van der Waals surface area contributed by atoms with Gasteiger partial charge in [-0.3, -0.25) is 0 Å². The first kappa shape index (κ1) is 14.1. The van der Waals surface area contributed by atoms with Gasteiger partial charge in [0.25, 0.3) is 0 Å². The monoisotopic (exact) mass is 278 g/mol. The molecule has 0 aromatic carbocycles. The van der Waals surface area contributed by atoms with E-state index in [1.165, 1.54) is 44.3 Å². The maximum Gasteiger partial charge on any atom is 0.130 e. The first-order valence-corrected chi connectivity index (χ1v) is 7.93. The average molecular weight is 278 g/mol. The van der Waals surface area contributed by atoms with Gasteiger partial charge in [0.15, 0.2) is 0 Å². The van der Waals surface area contributed by atoms with Crippen LogP contribution in [0.4, 0.5) is 0 Å². The minimum absolute atomic E-state index is 0.595. The molecular weight excluding hydrogens is 252 g/mol. The molecule has 3 rings (SSSR count). The van der Waals surface area contributed by atoms with Crippen molar-refractivity contribution in [2.45, 2.75) is 51.8 Å². The summed E-state index contributed by atoms with van der Waals surface area (Å²) in [6.45, 7) is 7.88. The Morgan fingerprint density at radius 3 is 2.90 bits per heavy atom. The van der Waals surface area contributed by atoms with Crippen molar-refractivity contribution >= 4 is 0 Å². The van der Waals surface area contributed by atoms with Gasteiger partial charge in [0.2, 0.25) is 0 Å². The normalized spacial score (nSPS) is 19.9. The molecule has 0 radical (unpaired) electrons. The number of rotatable bonds is 8. The summed E-state index contributed by atoms with van der Waals surface area (Å²) >= 11 is 0. The van der Waals surface area contributed by atoms with Crippen molar-refractivity contribution in [3.05, 3.63) is 23.2 Å². The molecule has 2 heterocycles. The highest BCUT2D eigenvalue weighted by atomic mass is 16.5. The number of hydrogen-bond donors (Lipinski definition) is 1. The topological polar surface area (TPSA) is 37.6 Å². The highest BCUT2D eigenvalue weighted by Gasteiger charge is 2.21. The number of furan rings is 1. The highest BCUT2D eigenvalue weighted by molar-refractivity contribution is 5.20. The predicted molar refractivity (Wildman–Crippen MR) is 78.6 cm³/mol. The van der Waals surface area contributed by atoms with Crippen LogP contribution in [0.25, 0.3) is 0 Å². The molecule has 1 saturated heterocycles. The van der Waals surface area contributed by atoms with Crippen molar-refractivity contribution in [1.82, 2.24) is 10.2 Å². The van der Waals surface area contributed by atoms with Gasteiger partial charge >= 0.3 is 0 Å². The van der Waals surface area contributed by atoms with E-state index in [2.05, 4.69) is 16.3 Å². The number of aryl methyl sites for hydroxylation is 1. The molecule has 0 atom stereocenters. The van der Waals surface area contributed by atoms with Gasteiger partial charge in [-0.15, -0.1) is 0 Å². The van der Waals surface area contributed by atoms with E-state index < -0.39 is 0 Å². The molecule has 4 nitrogen and oxygen atoms in total. The fourth-order valence-electron chi connectivity index (χ4n) is 2.75. The molecule has 1 aliphatic heterocycles. The molecule has 112 valence electrons. The molecule has 1 aromatic heterocycles. The van der Waals surface area contributed by atoms with Crippen molar-refractivity contribution in [3.8, 4) is 0 Å². The van der Waals surface area contributed by atoms with Crippen LogP contribution in [0.2, 0.25) is 0 Å². The number of hydrogen-bond acceptors (Lipinski definition) is 4. The van der Waals surface area contributed by atoms with E-state index in [4.69, 9.17) is 9.15 Å². The molecule has 1 saturated carbocycles. The second-order valence-electron chi connectivity index (χ2n) is 6.05. The van der Waals surface area contributed by atoms with Gasteiger partial charge in [-0.1, -0.05) is 0 Å². The third kappa shape index (κ3) is 4.08. The van der Waals surface area contributed by atoms with E-state index in [0.717, 1.165) is 37.3 Å². The Morgan fingerprint density at radius 2 is 2.15 bits per heavy atom. The molecule has 1 aliphatic carbocycles. The van der Waals surface area contributed by atoms with E-state index in [1.807, 2.05) is 6.92 Å². The van der Waals surface area contributed by atoms with Gasteiger partial charge < -0.3 is 19.4 Å². The fourth-order valence-corrected chi connectivity index (χ4v) is 2.75. The summed E-state index contributed by atoms with van der Waals surface area (Å²) in [5, 5.41) is 3.52. The van der Waals surface area contributed by atoms with Gasteiger partial charge in [0.05, 0.1) is 6.61 Å². The standard InChI is InChI=1S/C16H26N2O2/c1-13-14(11-17-15-4-5-15)10-16(20-13)12-19-9-8-18-6-2-3-7-18/h10,15,17H,2-9,11-12H2,1H3. The number of likely N-dealkylation sites (tertiary alicyclic amines) is 1. The fraction of sp³-hybridized carbons (Fsp3) is 0.750. The Hall–Kier alpha value is -0.840. The smallest absolute Gasteiger partial charge is 0.130 e.